The second-order valence-corrected chi connectivity index (χ2v) is 6.26. The Labute approximate surface area is 100 Å². The Hall–Kier alpha value is -0.590. The van der Waals surface area contributed by atoms with Crippen LogP contribution >= 0.6 is 0 Å². The number of hydrogen-bond donors (Lipinski definition) is 0. The van der Waals surface area contributed by atoms with E-state index in [0.717, 1.165) is 12.8 Å². The van der Waals surface area contributed by atoms with Crippen molar-refractivity contribution >= 4 is 5.78 Å². The minimum atomic E-state index is -0.271. The van der Waals surface area contributed by atoms with Crippen molar-refractivity contribution < 1.29 is 4.79 Å². The van der Waals surface area contributed by atoms with Crippen LogP contribution in [0.25, 0.3) is 0 Å². The third kappa shape index (κ3) is 2.56. The van der Waals surface area contributed by atoms with Gasteiger partial charge in [-0.3, -0.25) is 4.79 Å². The first-order valence-electron chi connectivity index (χ1n) is 6.20. The van der Waals surface area contributed by atoms with Crippen molar-refractivity contribution in [2.24, 2.45) is 16.7 Å². The summed E-state index contributed by atoms with van der Waals surface area (Å²) in [4.78, 5) is 11.5. The standard InChI is InChI=1S/C15H25O/c1-11-7-8-13(15(11,5)6)9-10-14(3,4)12(2)16/h7,10,13H,8-9H2,1-6H3. The number of rotatable bonds is 4. The van der Waals surface area contributed by atoms with E-state index in [4.69, 9.17) is 0 Å². The van der Waals surface area contributed by atoms with Crippen LogP contribution in [0.3, 0.4) is 0 Å². The number of carbonyl (C=O) groups is 1. The van der Waals surface area contributed by atoms with Gasteiger partial charge in [-0.05, 0) is 44.4 Å². The molecule has 0 bridgehead atoms. The second kappa shape index (κ2) is 4.35. The van der Waals surface area contributed by atoms with Gasteiger partial charge in [0.2, 0.25) is 0 Å². The van der Waals surface area contributed by atoms with Crippen molar-refractivity contribution in [2.45, 2.75) is 54.4 Å². The van der Waals surface area contributed by atoms with Gasteiger partial charge in [-0.2, -0.15) is 0 Å². The molecular formula is C15H25O. The van der Waals surface area contributed by atoms with Gasteiger partial charge in [0.1, 0.15) is 5.78 Å². The van der Waals surface area contributed by atoms with Crippen LogP contribution in [0, 0.1) is 23.2 Å². The number of ketones is 1. The fourth-order valence-electron chi connectivity index (χ4n) is 2.17. The maximum atomic E-state index is 11.5. The van der Waals surface area contributed by atoms with E-state index in [2.05, 4.69) is 33.3 Å². The van der Waals surface area contributed by atoms with Crippen LogP contribution < -0.4 is 0 Å². The zero-order chi connectivity index (χ0) is 12.6. The molecule has 91 valence electrons. The number of Topliss-reactive ketones (excluding diaryl/α,β-unsaturated/α-hetero) is 1. The molecule has 0 heterocycles. The highest BCUT2D eigenvalue weighted by Gasteiger charge is 2.36. The predicted molar refractivity (Wildman–Crippen MR) is 69.0 cm³/mol. The molecule has 0 amide bonds. The maximum Gasteiger partial charge on any atom is 0.135 e. The van der Waals surface area contributed by atoms with Gasteiger partial charge in [0, 0.05) is 5.41 Å². The Morgan fingerprint density at radius 2 is 2.12 bits per heavy atom. The van der Waals surface area contributed by atoms with Crippen LogP contribution in [0.5, 0.6) is 0 Å². The van der Waals surface area contributed by atoms with E-state index in [9.17, 15) is 4.79 Å². The van der Waals surface area contributed by atoms with E-state index < -0.39 is 0 Å². The van der Waals surface area contributed by atoms with Crippen LogP contribution in [-0.2, 0) is 4.79 Å². The molecule has 0 fully saturated rings. The summed E-state index contributed by atoms with van der Waals surface area (Å²) in [6.45, 7) is 12.5. The zero-order valence-corrected chi connectivity index (χ0v) is 11.6. The van der Waals surface area contributed by atoms with Crippen molar-refractivity contribution in [2.75, 3.05) is 0 Å². The lowest BCUT2D eigenvalue weighted by atomic mass is 9.72. The molecule has 0 aromatic heterocycles. The first-order chi connectivity index (χ1) is 7.18. The van der Waals surface area contributed by atoms with Gasteiger partial charge in [0.05, 0.1) is 0 Å². The summed E-state index contributed by atoms with van der Waals surface area (Å²) in [7, 11) is 0. The van der Waals surface area contributed by atoms with E-state index in [1.54, 1.807) is 6.92 Å². The van der Waals surface area contributed by atoms with Gasteiger partial charge in [-0.1, -0.05) is 39.3 Å². The first kappa shape index (κ1) is 13.5. The van der Waals surface area contributed by atoms with E-state index in [1.807, 2.05) is 13.8 Å². The molecule has 1 radical (unpaired) electrons. The number of hydrogen-bond acceptors (Lipinski definition) is 1. The van der Waals surface area contributed by atoms with Gasteiger partial charge >= 0.3 is 0 Å². The van der Waals surface area contributed by atoms with E-state index >= 15 is 0 Å². The molecule has 0 aromatic carbocycles. The topological polar surface area (TPSA) is 17.1 Å². The average Bonchev–Trinajstić information content (AvgIpc) is 2.39. The van der Waals surface area contributed by atoms with Crippen molar-refractivity contribution in [1.82, 2.24) is 0 Å². The van der Waals surface area contributed by atoms with Crippen LogP contribution in [-0.4, -0.2) is 5.78 Å². The zero-order valence-electron chi connectivity index (χ0n) is 11.6. The lowest BCUT2D eigenvalue weighted by Crippen LogP contribution is -2.26. The Morgan fingerprint density at radius 1 is 1.56 bits per heavy atom. The molecule has 0 aromatic rings. The van der Waals surface area contributed by atoms with Gasteiger partial charge in [-0.15, -0.1) is 0 Å². The summed E-state index contributed by atoms with van der Waals surface area (Å²) in [5.41, 5.74) is 1.52. The van der Waals surface area contributed by atoms with Crippen molar-refractivity contribution in [3.63, 3.8) is 0 Å². The normalized spacial score (nSPS) is 24.4. The monoisotopic (exact) mass is 221 g/mol. The maximum absolute atomic E-state index is 11.5. The molecule has 0 aliphatic heterocycles. The lowest BCUT2D eigenvalue weighted by molar-refractivity contribution is -0.123. The van der Waals surface area contributed by atoms with Crippen LogP contribution in [0.4, 0.5) is 0 Å². The molecule has 1 atom stereocenters. The average molecular weight is 221 g/mol. The molecule has 16 heavy (non-hydrogen) atoms. The minimum Gasteiger partial charge on any atom is -0.299 e. The molecule has 1 heteroatoms. The van der Waals surface area contributed by atoms with Crippen molar-refractivity contribution in [1.29, 1.82) is 0 Å². The lowest BCUT2D eigenvalue weighted by Gasteiger charge is -2.32. The third-order valence-corrected chi connectivity index (χ3v) is 4.57. The van der Waals surface area contributed by atoms with Crippen LogP contribution in [0.2, 0.25) is 0 Å². The first-order valence-corrected chi connectivity index (χ1v) is 6.20. The predicted octanol–water partition coefficient (Wildman–Crippen LogP) is 4.19. The van der Waals surface area contributed by atoms with Crippen molar-refractivity contribution in [3.8, 4) is 0 Å². The van der Waals surface area contributed by atoms with Crippen LogP contribution in [0.15, 0.2) is 11.6 Å². The molecule has 1 aliphatic rings. The fraction of sp³-hybridized carbons (Fsp3) is 0.733. The SMILES string of the molecule is CC(=O)C(C)(C)[CH]CC1CC=C(C)C1(C)C. The summed E-state index contributed by atoms with van der Waals surface area (Å²) in [6, 6.07) is 0. The van der Waals surface area contributed by atoms with Crippen LogP contribution in [0.1, 0.15) is 54.4 Å². The molecule has 0 N–H and O–H groups in total. The van der Waals surface area contributed by atoms with Crippen molar-refractivity contribution in [3.05, 3.63) is 18.1 Å². The largest absolute Gasteiger partial charge is 0.299 e. The molecule has 1 rings (SSSR count). The summed E-state index contributed by atoms with van der Waals surface area (Å²) >= 11 is 0. The Balaban J connectivity index is 2.56. The highest BCUT2D eigenvalue weighted by atomic mass is 16.1. The van der Waals surface area contributed by atoms with Gasteiger partial charge in [0.15, 0.2) is 0 Å². The summed E-state index contributed by atoms with van der Waals surface area (Å²) in [5, 5.41) is 0. The Morgan fingerprint density at radius 3 is 2.50 bits per heavy atom. The third-order valence-electron chi connectivity index (χ3n) is 4.57. The quantitative estimate of drug-likeness (QED) is 0.651. The molecule has 1 unspecified atom stereocenters. The molecule has 1 nitrogen and oxygen atoms in total. The Kier molecular flexibility index (Phi) is 3.66. The fourth-order valence-corrected chi connectivity index (χ4v) is 2.17. The smallest absolute Gasteiger partial charge is 0.135 e. The highest BCUT2D eigenvalue weighted by Crippen LogP contribution is 2.46. The minimum absolute atomic E-state index is 0.257. The summed E-state index contributed by atoms with van der Waals surface area (Å²) in [6.07, 6.45) is 6.74. The highest BCUT2D eigenvalue weighted by molar-refractivity contribution is 5.82. The second-order valence-electron chi connectivity index (χ2n) is 6.26. The number of allylic oxidation sites excluding steroid dienone is 2. The molecule has 0 saturated heterocycles. The number of carbonyl (C=O) groups excluding carboxylic acids is 1. The Bertz CT molecular complexity index is 307. The van der Waals surface area contributed by atoms with Gasteiger partial charge < -0.3 is 0 Å². The van der Waals surface area contributed by atoms with E-state index in [1.165, 1.54) is 5.57 Å². The van der Waals surface area contributed by atoms with Gasteiger partial charge in [0.25, 0.3) is 0 Å². The molecule has 0 spiro atoms. The van der Waals surface area contributed by atoms with E-state index in [-0.39, 0.29) is 11.2 Å². The van der Waals surface area contributed by atoms with E-state index in [0.29, 0.717) is 11.3 Å². The molecule has 1 aliphatic carbocycles. The van der Waals surface area contributed by atoms with Gasteiger partial charge in [-0.25, -0.2) is 0 Å². The molecule has 0 saturated carbocycles. The molecular weight excluding hydrogens is 196 g/mol. The summed E-state index contributed by atoms with van der Waals surface area (Å²) in [5.74, 6) is 0.916. The summed E-state index contributed by atoms with van der Waals surface area (Å²) < 4.78 is 0.